The minimum absolute atomic E-state index is 0.0322. The highest BCUT2D eigenvalue weighted by Crippen LogP contribution is 2.21. The molecule has 3 rings (SSSR count). The Hall–Kier alpha value is -3.53. The fraction of sp³-hybridized carbons (Fsp3) is 0.167. The van der Waals surface area contributed by atoms with Crippen LogP contribution < -0.4 is 10.6 Å². The van der Waals surface area contributed by atoms with Gasteiger partial charge in [-0.2, -0.15) is 4.98 Å². The molecular weight excluding hydrogens is 384 g/mol. The van der Waals surface area contributed by atoms with Crippen molar-refractivity contribution in [3.05, 3.63) is 53.7 Å². The molecule has 0 spiro atoms. The van der Waals surface area contributed by atoms with Crippen LogP contribution in [0.2, 0.25) is 0 Å². The minimum Gasteiger partial charge on any atom is -0.456 e. The minimum atomic E-state index is -0.737. The maximum atomic E-state index is 11.7. The highest BCUT2D eigenvalue weighted by molar-refractivity contribution is 7.13. The van der Waals surface area contributed by atoms with Crippen LogP contribution in [0.4, 0.5) is 10.5 Å². The number of nitrogens with zero attached hydrogens (tertiary/aromatic N) is 2. The van der Waals surface area contributed by atoms with Crippen molar-refractivity contribution in [1.29, 1.82) is 0 Å². The second kappa shape index (κ2) is 9.42. The van der Waals surface area contributed by atoms with Crippen LogP contribution >= 0.6 is 11.3 Å². The van der Waals surface area contributed by atoms with Gasteiger partial charge in [-0.05, 0) is 23.6 Å². The van der Waals surface area contributed by atoms with E-state index in [2.05, 4.69) is 20.8 Å². The van der Waals surface area contributed by atoms with Crippen molar-refractivity contribution >= 4 is 34.9 Å². The Labute approximate surface area is 163 Å². The van der Waals surface area contributed by atoms with Gasteiger partial charge in [0.05, 0.1) is 11.3 Å². The van der Waals surface area contributed by atoms with Crippen molar-refractivity contribution in [1.82, 2.24) is 15.5 Å². The summed E-state index contributed by atoms with van der Waals surface area (Å²) >= 11 is 1.48. The largest absolute Gasteiger partial charge is 0.456 e. The molecule has 0 radical (unpaired) electrons. The van der Waals surface area contributed by atoms with Crippen LogP contribution in [0.5, 0.6) is 0 Å². The number of hydrogen-bond acceptors (Lipinski definition) is 8. The molecular formula is C18H16N4O5S. The third kappa shape index (κ3) is 5.74. The molecule has 0 bridgehead atoms. The second-order valence-corrected chi connectivity index (χ2v) is 6.47. The van der Waals surface area contributed by atoms with E-state index in [9.17, 15) is 14.4 Å². The van der Waals surface area contributed by atoms with E-state index in [0.29, 0.717) is 17.4 Å². The van der Waals surface area contributed by atoms with Crippen molar-refractivity contribution in [2.24, 2.45) is 0 Å². The monoisotopic (exact) mass is 400 g/mol. The highest BCUT2D eigenvalue weighted by atomic mass is 32.1. The highest BCUT2D eigenvalue weighted by Gasteiger charge is 2.14. The quantitative estimate of drug-likeness (QED) is 0.584. The van der Waals surface area contributed by atoms with Crippen LogP contribution in [-0.4, -0.2) is 34.7 Å². The average molecular weight is 400 g/mol. The van der Waals surface area contributed by atoms with E-state index in [1.165, 1.54) is 11.3 Å². The number of imide groups is 1. The Bertz CT molecular complexity index is 940. The van der Waals surface area contributed by atoms with Gasteiger partial charge in [-0.15, -0.1) is 11.3 Å². The molecule has 0 saturated heterocycles. The molecule has 10 heteroatoms. The van der Waals surface area contributed by atoms with Crippen LogP contribution in [0.15, 0.2) is 52.4 Å². The van der Waals surface area contributed by atoms with E-state index in [1.807, 2.05) is 17.5 Å². The molecule has 0 aliphatic rings. The Morgan fingerprint density at radius 1 is 1.11 bits per heavy atom. The zero-order chi connectivity index (χ0) is 19.8. The number of rotatable bonds is 7. The number of amides is 3. The number of anilines is 1. The summed E-state index contributed by atoms with van der Waals surface area (Å²) in [6.07, 6.45) is 0.156. The molecule has 0 unspecified atom stereocenters. The van der Waals surface area contributed by atoms with Gasteiger partial charge < -0.3 is 14.6 Å². The summed E-state index contributed by atoms with van der Waals surface area (Å²) in [7, 11) is 0. The van der Waals surface area contributed by atoms with E-state index in [-0.39, 0.29) is 12.8 Å². The molecule has 0 saturated carbocycles. The molecule has 144 valence electrons. The maximum absolute atomic E-state index is 11.7. The lowest BCUT2D eigenvalue weighted by Crippen LogP contribution is -2.37. The predicted molar refractivity (Wildman–Crippen MR) is 100 cm³/mol. The summed E-state index contributed by atoms with van der Waals surface area (Å²) in [6.45, 7) is -0.564. The van der Waals surface area contributed by atoms with Crippen molar-refractivity contribution < 1.29 is 23.6 Å². The molecule has 9 nitrogen and oxygen atoms in total. The van der Waals surface area contributed by atoms with E-state index < -0.39 is 24.5 Å². The summed E-state index contributed by atoms with van der Waals surface area (Å²) in [5, 5.41) is 10.3. The van der Waals surface area contributed by atoms with Crippen molar-refractivity contribution in [2.45, 2.75) is 12.8 Å². The number of carbonyl (C=O) groups is 3. The van der Waals surface area contributed by atoms with Gasteiger partial charge >= 0.3 is 12.0 Å². The third-order valence-electron chi connectivity index (χ3n) is 3.40. The number of benzene rings is 1. The number of esters is 1. The number of ether oxygens (including phenoxy) is 1. The lowest BCUT2D eigenvalue weighted by molar-refractivity contribution is -0.148. The first-order valence-electron chi connectivity index (χ1n) is 8.28. The van der Waals surface area contributed by atoms with E-state index in [4.69, 9.17) is 9.26 Å². The van der Waals surface area contributed by atoms with Crippen molar-refractivity contribution in [2.75, 3.05) is 11.9 Å². The van der Waals surface area contributed by atoms with Gasteiger partial charge in [0.1, 0.15) is 0 Å². The fourth-order valence-corrected chi connectivity index (χ4v) is 2.79. The third-order valence-corrected chi connectivity index (χ3v) is 4.27. The van der Waals surface area contributed by atoms with Gasteiger partial charge in [-0.25, -0.2) is 4.79 Å². The van der Waals surface area contributed by atoms with Gasteiger partial charge in [0.15, 0.2) is 6.61 Å². The summed E-state index contributed by atoms with van der Waals surface area (Å²) < 4.78 is 9.92. The first kappa shape index (κ1) is 19.2. The number of hydrogen-bond donors (Lipinski definition) is 2. The van der Waals surface area contributed by atoms with Crippen LogP contribution in [0.25, 0.3) is 10.7 Å². The van der Waals surface area contributed by atoms with Crippen molar-refractivity contribution in [3.8, 4) is 10.7 Å². The maximum Gasteiger partial charge on any atom is 0.325 e. The number of urea groups is 1. The molecule has 0 aliphatic heterocycles. The first-order valence-corrected chi connectivity index (χ1v) is 9.16. The molecule has 1 aromatic carbocycles. The standard InChI is InChI=1S/C18H16N4O5S/c23-14(20-18(25)19-12-5-2-1-3-6-12)11-26-16(24)9-8-15-21-17(22-27-15)13-7-4-10-28-13/h1-7,10H,8-9,11H2,(H2,19,20,23,25). The van der Waals surface area contributed by atoms with Gasteiger partial charge in [-0.1, -0.05) is 29.4 Å². The number of aryl methyl sites for hydroxylation is 1. The molecule has 3 amide bonds. The summed E-state index contributed by atoms with van der Waals surface area (Å²) in [6, 6.07) is 11.7. The van der Waals surface area contributed by atoms with E-state index >= 15 is 0 Å². The Morgan fingerprint density at radius 3 is 2.68 bits per heavy atom. The lowest BCUT2D eigenvalue weighted by atomic mass is 10.3. The van der Waals surface area contributed by atoms with Gasteiger partial charge in [0.25, 0.3) is 5.91 Å². The molecule has 0 aliphatic carbocycles. The SMILES string of the molecule is O=C(COC(=O)CCc1nc(-c2cccs2)no1)NC(=O)Nc1ccccc1. The summed E-state index contributed by atoms with van der Waals surface area (Å²) in [5.74, 6) is -0.594. The Balaban J connectivity index is 1.36. The summed E-state index contributed by atoms with van der Waals surface area (Å²) in [4.78, 5) is 40.1. The second-order valence-electron chi connectivity index (χ2n) is 5.52. The van der Waals surface area contributed by atoms with Crippen molar-refractivity contribution in [3.63, 3.8) is 0 Å². The number of thiophene rings is 1. The average Bonchev–Trinajstić information content (AvgIpc) is 3.37. The van der Waals surface area contributed by atoms with Crippen LogP contribution in [0.1, 0.15) is 12.3 Å². The zero-order valence-corrected chi connectivity index (χ0v) is 15.4. The molecule has 2 N–H and O–H groups in total. The van der Waals surface area contributed by atoms with Gasteiger partial charge in [0.2, 0.25) is 11.7 Å². The molecule has 2 aromatic heterocycles. The first-order chi connectivity index (χ1) is 13.6. The predicted octanol–water partition coefficient (Wildman–Crippen LogP) is 2.62. The Morgan fingerprint density at radius 2 is 1.93 bits per heavy atom. The zero-order valence-electron chi connectivity index (χ0n) is 14.6. The molecule has 3 aromatic rings. The number of carbonyl (C=O) groups excluding carboxylic acids is 3. The molecule has 28 heavy (non-hydrogen) atoms. The Kier molecular flexibility index (Phi) is 6.47. The molecule has 0 fully saturated rings. The van der Waals surface area contributed by atoms with Crippen LogP contribution in [0, 0.1) is 0 Å². The molecule has 0 atom stereocenters. The van der Waals surface area contributed by atoms with E-state index in [1.54, 1.807) is 30.3 Å². The number of nitrogens with one attached hydrogen (secondary N) is 2. The van der Waals surface area contributed by atoms with E-state index in [0.717, 1.165) is 4.88 Å². The lowest BCUT2D eigenvalue weighted by Gasteiger charge is -2.07. The van der Waals surface area contributed by atoms with Crippen LogP contribution in [-0.2, 0) is 20.7 Å². The fourth-order valence-electron chi connectivity index (χ4n) is 2.14. The number of para-hydroxylation sites is 1. The molecule has 2 heterocycles. The van der Waals surface area contributed by atoms with Crippen LogP contribution in [0.3, 0.4) is 0 Å². The topological polar surface area (TPSA) is 123 Å². The normalized spacial score (nSPS) is 10.3. The number of aromatic nitrogens is 2. The van der Waals surface area contributed by atoms with Gasteiger partial charge in [-0.3, -0.25) is 14.9 Å². The van der Waals surface area contributed by atoms with Gasteiger partial charge in [0, 0.05) is 12.1 Å². The summed E-state index contributed by atoms with van der Waals surface area (Å²) in [5.41, 5.74) is 0.534. The smallest absolute Gasteiger partial charge is 0.325 e.